The van der Waals surface area contributed by atoms with Crippen LogP contribution >= 0.6 is 11.6 Å². The molecule has 0 saturated carbocycles. The van der Waals surface area contributed by atoms with Crippen molar-refractivity contribution in [3.05, 3.63) is 29.0 Å². The van der Waals surface area contributed by atoms with Crippen LogP contribution in [0.5, 0.6) is 0 Å². The zero-order chi connectivity index (χ0) is 8.27. The molecular weight excluding hydrogens is 162 g/mol. The molecule has 0 saturated heterocycles. The van der Waals surface area contributed by atoms with Gasteiger partial charge in [-0.15, -0.1) is 0 Å². The Hall–Kier alpha value is -0.600. The van der Waals surface area contributed by atoms with Gasteiger partial charge < -0.3 is 4.74 Å². The zero-order valence-electron chi connectivity index (χ0n) is 6.54. The van der Waals surface area contributed by atoms with Crippen LogP contribution in [0, 0.1) is 0 Å². The average Bonchev–Trinajstić information content (AvgIpc) is 2.05. The second-order valence-electron chi connectivity index (χ2n) is 2.29. The van der Waals surface area contributed by atoms with Gasteiger partial charge in [-0.1, -0.05) is 17.7 Å². The van der Waals surface area contributed by atoms with Crippen LogP contribution in [0.2, 0.25) is 5.15 Å². The van der Waals surface area contributed by atoms with E-state index in [0.29, 0.717) is 5.15 Å². The van der Waals surface area contributed by atoms with E-state index in [1.165, 1.54) is 0 Å². The molecule has 2 nitrogen and oxygen atoms in total. The van der Waals surface area contributed by atoms with Crippen molar-refractivity contribution >= 4 is 11.6 Å². The van der Waals surface area contributed by atoms with Gasteiger partial charge in [0.15, 0.2) is 0 Å². The van der Waals surface area contributed by atoms with E-state index >= 15 is 0 Å². The number of pyridine rings is 1. The summed E-state index contributed by atoms with van der Waals surface area (Å²) in [6.45, 7) is 1.96. The Labute approximate surface area is 71.2 Å². The fourth-order valence-electron chi connectivity index (χ4n) is 0.764. The summed E-state index contributed by atoms with van der Waals surface area (Å²) in [6.07, 6.45) is 1.80. The van der Waals surface area contributed by atoms with E-state index in [1.54, 1.807) is 19.4 Å². The van der Waals surface area contributed by atoms with Gasteiger partial charge in [0.1, 0.15) is 5.15 Å². The third-order valence-electron chi connectivity index (χ3n) is 1.57. The Balaban J connectivity index is 2.81. The number of halogens is 1. The lowest BCUT2D eigenvalue weighted by Crippen LogP contribution is -1.95. The molecule has 0 bridgehead atoms. The van der Waals surface area contributed by atoms with Gasteiger partial charge in [-0.3, -0.25) is 0 Å². The highest BCUT2D eigenvalue weighted by Crippen LogP contribution is 2.15. The first-order valence-electron chi connectivity index (χ1n) is 3.38. The quantitative estimate of drug-likeness (QED) is 0.638. The maximum absolute atomic E-state index is 5.61. The largest absolute Gasteiger partial charge is 0.377 e. The van der Waals surface area contributed by atoms with Gasteiger partial charge >= 0.3 is 0 Å². The maximum Gasteiger partial charge on any atom is 0.129 e. The van der Waals surface area contributed by atoms with Crippen LogP contribution in [0.4, 0.5) is 0 Å². The van der Waals surface area contributed by atoms with Crippen molar-refractivity contribution < 1.29 is 4.74 Å². The predicted octanol–water partition coefficient (Wildman–Crippen LogP) is 2.44. The highest BCUT2D eigenvalue weighted by Gasteiger charge is 2.02. The molecule has 0 aromatic carbocycles. The Morgan fingerprint density at radius 3 is 2.73 bits per heavy atom. The summed E-state index contributed by atoms with van der Waals surface area (Å²) in [4.78, 5) is 3.93. The molecule has 1 aromatic heterocycles. The molecular formula is C8H10ClNO. The van der Waals surface area contributed by atoms with Crippen LogP contribution in [0.3, 0.4) is 0 Å². The lowest BCUT2D eigenvalue weighted by atomic mass is 10.2. The van der Waals surface area contributed by atoms with Crippen molar-refractivity contribution in [3.63, 3.8) is 0 Å². The van der Waals surface area contributed by atoms with Crippen LogP contribution in [-0.4, -0.2) is 12.1 Å². The zero-order valence-corrected chi connectivity index (χ0v) is 7.30. The number of hydrogen-bond acceptors (Lipinski definition) is 2. The smallest absolute Gasteiger partial charge is 0.129 e. The molecule has 3 heteroatoms. The van der Waals surface area contributed by atoms with Crippen molar-refractivity contribution in [2.24, 2.45) is 0 Å². The van der Waals surface area contributed by atoms with Crippen LogP contribution in [0.25, 0.3) is 0 Å². The lowest BCUT2D eigenvalue weighted by Gasteiger charge is -2.07. The van der Waals surface area contributed by atoms with Crippen molar-refractivity contribution in [2.75, 3.05) is 7.11 Å². The highest BCUT2D eigenvalue weighted by atomic mass is 35.5. The lowest BCUT2D eigenvalue weighted by molar-refractivity contribution is 0.119. The van der Waals surface area contributed by atoms with Gasteiger partial charge in [-0.25, -0.2) is 4.98 Å². The summed E-state index contributed by atoms with van der Waals surface area (Å²) in [5.41, 5.74) is 1.04. The van der Waals surface area contributed by atoms with Crippen LogP contribution in [0.15, 0.2) is 18.3 Å². The van der Waals surface area contributed by atoms with Gasteiger partial charge in [-0.05, 0) is 18.6 Å². The van der Waals surface area contributed by atoms with E-state index in [1.807, 2.05) is 13.0 Å². The first-order chi connectivity index (χ1) is 5.24. The fraction of sp³-hybridized carbons (Fsp3) is 0.375. The number of methoxy groups -OCH3 is 1. The van der Waals surface area contributed by atoms with Crippen LogP contribution < -0.4 is 0 Å². The van der Waals surface area contributed by atoms with Gasteiger partial charge in [0.05, 0.1) is 6.10 Å². The summed E-state index contributed by atoms with van der Waals surface area (Å²) >= 11 is 5.61. The molecule has 0 aliphatic carbocycles. The summed E-state index contributed by atoms with van der Waals surface area (Å²) in [5.74, 6) is 0. The van der Waals surface area contributed by atoms with Crippen LogP contribution in [-0.2, 0) is 4.74 Å². The van der Waals surface area contributed by atoms with E-state index in [9.17, 15) is 0 Å². The monoisotopic (exact) mass is 171 g/mol. The van der Waals surface area contributed by atoms with Crippen LogP contribution in [0.1, 0.15) is 18.6 Å². The fourth-order valence-corrected chi connectivity index (χ4v) is 0.876. The third kappa shape index (κ3) is 2.17. The molecule has 1 atom stereocenters. The molecule has 0 N–H and O–H groups in total. The van der Waals surface area contributed by atoms with E-state index in [2.05, 4.69) is 4.98 Å². The summed E-state index contributed by atoms with van der Waals surface area (Å²) in [6, 6.07) is 3.66. The number of nitrogens with zero attached hydrogens (tertiary/aromatic N) is 1. The summed E-state index contributed by atoms with van der Waals surface area (Å²) in [5, 5.41) is 0.511. The number of rotatable bonds is 2. The Bertz CT molecular complexity index is 222. The minimum absolute atomic E-state index is 0.0831. The van der Waals surface area contributed by atoms with Gasteiger partial charge in [0, 0.05) is 13.3 Å². The topological polar surface area (TPSA) is 22.1 Å². The average molecular weight is 172 g/mol. The van der Waals surface area contributed by atoms with Gasteiger partial charge in [0.25, 0.3) is 0 Å². The Morgan fingerprint density at radius 1 is 1.55 bits per heavy atom. The Morgan fingerprint density at radius 2 is 2.27 bits per heavy atom. The summed E-state index contributed by atoms with van der Waals surface area (Å²) < 4.78 is 5.09. The normalized spacial score (nSPS) is 13.0. The molecule has 1 rings (SSSR count). The molecule has 0 aliphatic heterocycles. The van der Waals surface area contributed by atoms with Gasteiger partial charge in [0.2, 0.25) is 0 Å². The molecule has 0 spiro atoms. The van der Waals surface area contributed by atoms with Crippen molar-refractivity contribution in [1.82, 2.24) is 4.98 Å². The second kappa shape index (κ2) is 3.69. The first kappa shape index (κ1) is 8.50. The molecule has 60 valence electrons. The number of hydrogen-bond donors (Lipinski definition) is 0. The minimum atomic E-state index is 0.0831. The SMILES string of the molecule is CO[C@@H](C)c1ccc(Cl)nc1. The van der Waals surface area contributed by atoms with E-state index in [0.717, 1.165) is 5.56 Å². The summed E-state index contributed by atoms with van der Waals surface area (Å²) in [7, 11) is 1.67. The second-order valence-corrected chi connectivity index (χ2v) is 2.68. The number of ether oxygens (including phenoxy) is 1. The van der Waals surface area contributed by atoms with Crippen molar-refractivity contribution in [2.45, 2.75) is 13.0 Å². The third-order valence-corrected chi connectivity index (χ3v) is 1.80. The number of aromatic nitrogens is 1. The molecule has 0 unspecified atom stereocenters. The minimum Gasteiger partial charge on any atom is -0.377 e. The molecule has 0 aliphatic rings. The Kier molecular flexibility index (Phi) is 2.85. The predicted molar refractivity (Wildman–Crippen MR) is 44.7 cm³/mol. The molecule has 0 fully saturated rings. The standard InChI is InChI=1S/C8H10ClNO/c1-6(11-2)7-3-4-8(9)10-5-7/h3-6H,1-2H3/t6-/m0/s1. The molecule has 11 heavy (non-hydrogen) atoms. The van der Waals surface area contributed by atoms with E-state index < -0.39 is 0 Å². The first-order valence-corrected chi connectivity index (χ1v) is 3.76. The van der Waals surface area contributed by atoms with E-state index in [4.69, 9.17) is 16.3 Å². The molecule has 1 aromatic rings. The van der Waals surface area contributed by atoms with E-state index in [-0.39, 0.29) is 6.10 Å². The highest BCUT2D eigenvalue weighted by molar-refractivity contribution is 6.29. The molecule has 0 radical (unpaired) electrons. The van der Waals surface area contributed by atoms with Gasteiger partial charge in [-0.2, -0.15) is 0 Å². The van der Waals surface area contributed by atoms with Crippen molar-refractivity contribution in [1.29, 1.82) is 0 Å². The van der Waals surface area contributed by atoms with Crippen molar-refractivity contribution in [3.8, 4) is 0 Å². The molecule has 0 amide bonds. The molecule has 1 heterocycles. The maximum atomic E-state index is 5.61.